The van der Waals surface area contributed by atoms with Crippen LogP contribution in [-0.4, -0.2) is 60.0 Å². The Kier molecular flexibility index (Phi) is 31.3. The number of aliphatic hydroxyl groups excluding tert-OH is 2. The van der Waals surface area contributed by atoms with E-state index in [0.717, 1.165) is 64.6 Å². The number of carbonyl (C=O) groups is 1. The standard InChI is InChI=1S/C34H69NO4/c1-3-5-7-9-13-19-25-33(26-20-14-10-8-6-4-2)39-34(38)27-21-15-11-16-22-28-35(30-32-37)29-23-17-12-18-24-31-36/h33,36-37H,3-32H2,1-2H3. The van der Waals surface area contributed by atoms with Gasteiger partial charge in [-0.1, -0.05) is 117 Å². The number of unbranched alkanes of at least 4 members (excludes halogenated alkanes) is 18. The minimum atomic E-state index is 0.0186. The molecule has 0 aliphatic heterocycles. The lowest BCUT2D eigenvalue weighted by molar-refractivity contribution is -0.150. The maximum absolute atomic E-state index is 12.6. The first kappa shape index (κ1) is 38.4. The van der Waals surface area contributed by atoms with Gasteiger partial charge in [-0.25, -0.2) is 0 Å². The molecular weight excluding hydrogens is 486 g/mol. The smallest absolute Gasteiger partial charge is 0.306 e. The topological polar surface area (TPSA) is 70.0 Å². The van der Waals surface area contributed by atoms with Crippen molar-refractivity contribution in [2.75, 3.05) is 32.8 Å². The molecule has 0 heterocycles. The summed E-state index contributed by atoms with van der Waals surface area (Å²) in [6, 6.07) is 0. The number of hydrogen-bond acceptors (Lipinski definition) is 5. The average molecular weight is 556 g/mol. The molecule has 0 rings (SSSR count). The molecule has 0 radical (unpaired) electrons. The average Bonchev–Trinajstić information content (AvgIpc) is 2.93. The van der Waals surface area contributed by atoms with Gasteiger partial charge in [0, 0.05) is 19.6 Å². The lowest BCUT2D eigenvalue weighted by atomic mass is 10.0. The van der Waals surface area contributed by atoms with E-state index in [4.69, 9.17) is 9.84 Å². The summed E-state index contributed by atoms with van der Waals surface area (Å²) in [4.78, 5) is 15.0. The van der Waals surface area contributed by atoms with Crippen molar-refractivity contribution in [3.8, 4) is 0 Å². The number of carbonyl (C=O) groups excluding carboxylic acids is 1. The van der Waals surface area contributed by atoms with Crippen molar-refractivity contribution in [1.29, 1.82) is 0 Å². The van der Waals surface area contributed by atoms with Gasteiger partial charge < -0.3 is 19.8 Å². The highest BCUT2D eigenvalue weighted by Crippen LogP contribution is 2.18. The summed E-state index contributed by atoms with van der Waals surface area (Å²) in [7, 11) is 0. The predicted octanol–water partition coefficient (Wildman–Crippen LogP) is 8.98. The highest BCUT2D eigenvalue weighted by molar-refractivity contribution is 5.69. The lowest BCUT2D eigenvalue weighted by Gasteiger charge is -2.21. The van der Waals surface area contributed by atoms with E-state index in [1.165, 1.54) is 109 Å². The Morgan fingerprint density at radius 1 is 0.538 bits per heavy atom. The number of rotatable bonds is 32. The fourth-order valence-corrected chi connectivity index (χ4v) is 5.40. The van der Waals surface area contributed by atoms with Crippen LogP contribution in [0.15, 0.2) is 0 Å². The van der Waals surface area contributed by atoms with E-state index in [0.29, 0.717) is 13.0 Å². The fourth-order valence-electron chi connectivity index (χ4n) is 5.40. The second-order valence-electron chi connectivity index (χ2n) is 11.8. The van der Waals surface area contributed by atoms with Crippen molar-refractivity contribution >= 4 is 5.97 Å². The summed E-state index contributed by atoms with van der Waals surface area (Å²) in [5.41, 5.74) is 0. The molecule has 0 amide bonds. The molecule has 0 aliphatic rings. The summed E-state index contributed by atoms with van der Waals surface area (Å²) in [5.74, 6) is 0.0186. The molecule has 0 aromatic rings. The van der Waals surface area contributed by atoms with Gasteiger partial charge in [-0.15, -0.1) is 0 Å². The van der Waals surface area contributed by atoms with Crippen LogP contribution in [0.25, 0.3) is 0 Å². The van der Waals surface area contributed by atoms with E-state index in [-0.39, 0.29) is 18.7 Å². The molecule has 0 aliphatic carbocycles. The molecule has 2 N–H and O–H groups in total. The first-order chi connectivity index (χ1) is 19.2. The summed E-state index contributed by atoms with van der Waals surface area (Å²) in [5, 5.41) is 18.2. The first-order valence-electron chi connectivity index (χ1n) is 17.3. The van der Waals surface area contributed by atoms with Crippen molar-refractivity contribution in [2.45, 2.75) is 180 Å². The third kappa shape index (κ3) is 28.7. The van der Waals surface area contributed by atoms with Crippen molar-refractivity contribution in [3.63, 3.8) is 0 Å². The molecule has 234 valence electrons. The minimum Gasteiger partial charge on any atom is -0.462 e. The van der Waals surface area contributed by atoms with Gasteiger partial charge in [0.05, 0.1) is 6.61 Å². The molecule has 5 nitrogen and oxygen atoms in total. The Morgan fingerprint density at radius 3 is 1.46 bits per heavy atom. The Morgan fingerprint density at radius 2 is 0.974 bits per heavy atom. The molecule has 0 aromatic heterocycles. The largest absolute Gasteiger partial charge is 0.462 e. The van der Waals surface area contributed by atoms with Crippen LogP contribution in [0.4, 0.5) is 0 Å². The van der Waals surface area contributed by atoms with E-state index < -0.39 is 0 Å². The fraction of sp³-hybridized carbons (Fsp3) is 0.971. The summed E-state index contributed by atoms with van der Waals surface area (Å²) in [6.07, 6.45) is 29.4. The molecule has 0 aromatic carbocycles. The highest BCUT2D eigenvalue weighted by Gasteiger charge is 2.14. The van der Waals surface area contributed by atoms with E-state index in [1.54, 1.807) is 0 Å². The zero-order valence-electron chi connectivity index (χ0n) is 26.4. The van der Waals surface area contributed by atoms with Gasteiger partial charge >= 0.3 is 5.97 Å². The monoisotopic (exact) mass is 556 g/mol. The Hall–Kier alpha value is -0.650. The van der Waals surface area contributed by atoms with Crippen LogP contribution in [0.2, 0.25) is 0 Å². The summed E-state index contributed by atoms with van der Waals surface area (Å²) in [6.45, 7) is 7.93. The van der Waals surface area contributed by atoms with Gasteiger partial charge in [-0.05, 0) is 64.5 Å². The van der Waals surface area contributed by atoms with Crippen molar-refractivity contribution in [3.05, 3.63) is 0 Å². The molecule has 0 atom stereocenters. The van der Waals surface area contributed by atoms with Crippen molar-refractivity contribution in [1.82, 2.24) is 4.90 Å². The first-order valence-corrected chi connectivity index (χ1v) is 17.3. The van der Waals surface area contributed by atoms with Crippen LogP contribution in [0.1, 0.15) is 174 Å². The number of ether oxygens (including phenoxy) is 1. The van der Waals surface area contributed by atoms with E-state index >= 15 is 0 Å². The number of nitrogens with zero attached hydrogens (tertiary/aromatic N) is 1. The third-order valence-corrected chi connectivity index (χ3v) is 7.96. The van der Waals surface area contributed by atoms with E-state index in [9.17, 15) is 9.90 Å². The molecular formula is C34H69NO4. The molecule has 0 spiro atoms. The molecule has 0 fully saturated rings. The highest BCUT2D eigenvalue weighted by atomic mass is 16.5. The van der Waals surface area contributed by atoms with Gasteiger partial charge in [0.15, 0.2) is 0 Å². The molecule has 5 heteroatoms. The second kappa shape index (κ2) is 31.9. The normalized spacial score (nSPS) is 11.6. The minimum absolute atomic E-state index is 0.0186. The van der Waals surface area contributed by atoms with Gasteiger partial charge in [0.25, 0.3) is 0 Å². The zero-order chi connectivity index (χ0) is 28.7. The van der Waals surface area contributed by atoms with Gasteiger partial charge in [0.1, 0.15) is 6.10 Å². The van der Waals surface area contributed by atoms with Crippen LogP contribution >= 0.6 is 0 Å². The number of esters is 1. The lowest BCUT2D eigenvalue weighted by Crippen LogP contribution is -2.29. The SMILES string of the molecule is CCCCCCCCC(CCCCCCCC)OC(=O)CCCCCCCN(CCO)CCCCCCCO. The molecule has 0 unspecified atom stereocenters. The van der Waals surface area contributed by atoms with Gasteiger partial charge in [-0.3, -0.25) is 4.79 Å². The van der Waals surface area contributed by atoms with Crippen molar-refractivity contribution in [2.24, 2.45) is 0 Å². The Bertz CT molecular complexity index is 472. The van der Waals surface area contributed by atoms with Crippen LogP contribution in [0.5, 0.6) is 0 Å². The Balaban J connectivity index is 4.04. The van der Waals surface area contributed by atoms with Gasteiger partial charge in [0.2, 0.25) is 0 Å². The Labute approximate surface area is 243 Å². The maximum Gasteiger partial charge on any atom is 0.306 e. The maximum atomic E-state index is 12.6. The molecule has 39 heavy (non-hydrogen) atoms. The number of hydrogen-bond donors (Lipinski definition) is 2. The second-order valence-corrected chi connectivity index (χ2v) is 11.8. The van der Waals surface area contributed by atoms with E-state index in [1.807, 2.05) is 0 Å². The zero-order valence-corrected chi connectivity index (χ0v) is 26.4. The van der Waals surface area contributed by atoms with Crippen LogP contribution < -0.4 is 0 Å². The summed E-state index contributed by atoms with van der Waals surface area (Å²) >= 11 is 0. The number of aliphatic hydroxyl groups is 2. The van der Waals surface area contributed by atoms with Gasteiger partial charge in [-0.2, -0.15) is 0 Å². The third-order valence-electron chi connectivity index (χ3n) is 7.96. The predicted molar refractivity (Wildman–Crippen MR) is 167 cm³/mol. The van der Waals surface area contributed by atoms with Crippen LogP contribution in [0, 0.1) is 0 Å². The van der Waals surface area contributed by atoms with Crippen LogP contribution in [0.3, 0.4) is 0 Å². The van der Waals surface area contributed by atoms with Crippen LogP contribution in [-0.2, 0) is 9.53 Å². The molecule has 0 saturated carbocycles. The molecule has 0 saturated heterocycles. The van der Waals surface area contributed by atoms with Crippen molar-refractivity contribution < 1.29 is 19.7 Å². The quantitative estimate of drug-likeness (QED) is 0.0640. The van der Waals surface area contributed by atoms with E-state index in [2.05, 4.69) is 18.7 Å². The summed E-state index contributed by atoms with van der Waals surface area (Å²) < 4.78 is 5.98. The molecule has 0 bridgehead atoms.